The Labute approximate surface area is 117 Å². The molecule has 0 amide bonds. The number of halogens is 2. The molecule has 0 radical (unpaired) electrons. The Hall–Kier alpha value is -1.08. The molecule has 0 aliphatic heterocycles. The van der Waals surface area contributed by atoms with Crippen molar-refractivity contribution in [3.8, 4) is 0 Å². The van der Waals surface area contributed by atoms with Crippen molar-refractivity contribution in [3.63, 3.8) is 0 Å². The number of rotatable bonds is 7. The number of hydrogen-bond donors (Lipinski definition) is 1. The lowest BCUT2D eigenvalue weighted by Crippen LogP contribution is -2.07. The van der Waals surface area contributed by atoms with E-state index < -0.39 is 10.7 Å². The molecule has 98 valence electrons. The maximum Gasteiger partial charge on any atom is 0.293 e. The normalized spacial score (nSPS) is 10.1. The van der Waals surface area contributed by atoms with Crippen molar-refractivity contribution >= 4 is 39.1 Å². The van der Waals surface area contributed by atoms with Gasteiger partial charge in [-0.2, -0.15) is 11.8 Å². The van der Waals surface area contributed by atoms with Crippen molar-refractivity contribution in [3.05, 3.63) is 45.2 Å². The van der Waals surface area contributed by atoms with Crippen LogP contribution in [0.5, 0.6) is 0 Å². The molecule has 0 saturated heterocycles. The summed E-state index contributed by atoms with van der Waals surface area (Å²) in [5, 5.41) is 13.7. The van der Waals surface area contributed by atoms with E-state index in [0.717, 1.165) is 23.6 Å². The predicted octanol–water partition coefficient (Wildman–Crippen LogP) is 3.83. The monoisotopic (exact) mass is 334 g/mol. The van der Waals surface area contributed by atoms with Crippen LogP contribution in [-0.2, 0) is 0 Å². The molecule has 0 aliphatic carbocycles. The summed E-state index contributed by atoms with van der Waals surface area (Å²) in [6.07, 6.45) is 1.78. The molecule has 7 heteroatoms. The van der Waals surface area contributed by atoms with Crippen LogP contribution >= 0.6 is 27.7 Å². The summed E-state index contributed by atoms with van der Waals surface area (Å²) in [6, 6.07) is 2.29. The van der Waals surface area contributed by atoms with Crippen molar-refractivity contribution in [2.24, 2.45) is 0 Å². The van der Waals surface area contributed by atoms with E-state index in [4.69, 9.17) is 0 Å². The predicted molar refractivity (Wildman–Crippen MR) is 76.8 cm³/mol. The van der Waals surface area contributed by atoms with Crippen LogP contribution in [-0.4, -0.2) is 23.0 Å². The fourth-order valence-corrected chi connectivity index (χ4v) is 2.16. The van der Waals surface area contributed by atoms with E-state index >= 15 is 0 Å². The summed E-state index contributed by atoms with van der Waals surface area (Å²) in [4.78, 5) is 10.3. The lowest BCUT2D eigenvalue weighted by molar-refractivity contribution is -0.384. The number of nitrogens with one attached hydrogen (secondary N) is 1. The van der Waals surface area contributed by atoms with Gasteiger partial charge in [-0.25, -0.2) is 4.39 Å². The van der Waals surface area contributed by atoms with E-state index in [1.54, 1.807) is 17.8 Å². The zero-order valence-electron chi connectivity index (χ0n) is 9.49. The number of nitro benzene ring substituents is 1. The first-order valence-electron chi connectivity index (χ1n) is 5.12. The first kappa shape index (κ1) is 15.0. The van der Waals surface area contributed by atoms with Gasteiger partial charge in [0.05, 0.1) is 9.40 Å². The molecule has 0 aliphatic rings. The van der Waals surface area contributed by atoms with Gasteiger partial charge in [0.2, 0.25) is 0 Å². The second-order valence-corrected chi connectivity index (χ2v) is 5.34. The van der Waals surface area contributed by atoms with Gasteiger partial charge in [-0.15, -0.1) is 6.58 Å². The van der Waals surface area contributed by atoms with Crippen LogP contribution < -0.4 is 5.32 Å². The number of anilines is 1. The van der Waals surface area contributed by atoms with Gasteiger partial charge in [-0.1, -0.05) is 6.08 Å². The average molecular weight is 335 g/mol. The van der Waals surface area contributed by atoms with Gasteiger partial charge >= 0.3 is 0 Å². The smallest absolute Gasteiger partial charge is 0.293 e. The highest BCUT2D eigenvalue weighted by Crippen LogP contribution is 2.30. The molecular weight excluding hydrogens is 323 g/mol. The van der Waals surface area contributed by atoms with Crippen LogP contribution in [0.3, 0.4) is 0 Å². The molecule has 0 heterocycles. The summed E-state index contributed by atoms with van der Waals surface area (Å²) >= 11 is 4.57. The molecule has 18 heavy (non-hydrogen) atoms. The van der Waals surface area contributed by atoms with Gasteiger partial charge in [-0.3, -0.25) is 10.1 Å². The molecule has 0 aromatic heterocycles. The lowest BCUT2D eigenvalue weighted by atomic mass is 10.2. The van der Waals surface area contributed by atoms with Crippen LogP contribution in [0, 0.1) is 15.9 Å². The Morgan fingerprint density at radius 2 is 2.33 bits per heavy atom. The summed E-state index contributed by atoms with van der Waals surface area (Å²) in [7, 11) is 0. The fraction of sp³-hybridized carbons (Fsp3) is 0.273. The first-order valence-corrected chi connectivity index (χ1v) is 7.07. The minimum Gasteiger partial charge on any atom is -0.379 e. The third kappa shape index (κ3) is 4.30. The molecule has 0 fully saturated rings. The molecule has 0 unspecified atom stereocenters. The maximum atomic E-state index is 13.3. The van der Waals surface area contributed by atoms with Crippen molar-refractivity contribution in [2.75, 3.05) is 23.4 Å². The van der Waals surface area contributed by atoms with Crippen LogP contribution in [0.2, 0.25) is 0 Å². The van der Waals surface area contributed by atoms with E-state index in [1.165, 1.54) is 0 Å². The van der Waals surface area contributed by atoms with Crippen molar-refractivity contribution in [2.45, 2.75) is 0 Å². The second-order valence-electron chi connectivity index (χ2n) is 3.33. The third-order valence-corrected chi connectivity index (χ3v) is 3.60. The number of benzene rings is 1. The van der Waals surface area contributed by atoms with Gasteiger partial charge in [0, 0.05) is 30.2 Å². The molecule has 1 aromatic rings. The molecule has 1 rings (SSSR count). The highest BCUT2D eigenvalue weighted by molar-refractivity contribution is 9.10. The Morgan fingerprint density at radius 1 is 1.61 bits per heavy atom. The Bertz CT molecular complexity index is 457. The first-order chi connectivity index (χ1) is 8.56. The second kappa shape index (κ2) is 7.38. The number of nitrogens with zero attached hydrogens (tertiary/aromatic N) is 1. The van der Waals surface area contributed by atoms with Gasteiger partial charge < -0.3 is 5.32 Å². The molecular formula is C11H12BrFN2O2S. The summed E-state index contributed by atoms with van der Waals surface area (Å²) in [5.74, 6) is 1.06. The fourth-order valence-electron chi connectivity index (χ4n) is 1.25. The van der Waals surface area contributed by atoms with E-state index in [0.29, 0.717) is 6.54 Å². The Kier molecular flexibility index (Phi) is 6.14. The quantitative estimate of drug-likeness (QED) is 0.356. The molecule has 4 nitrogen and oxygen atoms in total. The molecule has 0 saturated carbocycles. The van der Waals surface area contributed by atoms with Crippen LogP contribution in [0.1, 0.15) is 0 Å². The Morgan fingerprint density at radius 3 is 2.94 bits per heavy atom. The van der Waals surface area contributed by atoms with Crippen molar-refractivity contribution in [1.82, 2.24) is 0 Å². The molecule has 0 bridgehead atoms. The summed E-state index contributed by atoms with van der Waals surface area (Å²) < 4.78 is 13.4. The zero-order valence-corrected chi connectivity index (χ0v) is 11.9. The number of thioether (sulfide) groups is 1. The number of hydrogen-bond acceptors (Lipinski definition) is 4. The van der Waals surface area contributed by atoms with Crippen LogP contribution in [0.4, 0.5) is 15.8 Å². The van der Waals surface area contributed by atoms with Gasteiger partial charge in [0.15, 0.2) is 0 Å². The Balaban J connectivity index is 2.71. The van der Waals surface area contributed by atoms with E-state index in [1.807, 2.05) is 0 Å². The minimum atomic E-state index is -0.538. The van der Waals surface area contributed by atoms with Crippen molar-refractivity contribution < 1.29 is 9.31 Å². The van der Waals surface area contributed by atoms with E-state index in [-0.39, 0.29) is 15.8 Å². The maximum absolute atomic E-state index is 13.3. The molecule has 1 aromatic carbocycles. The zero-order chi connectivity index (χ0) is 13.5. The largest absolute Gasteiger partial charge is 0.379 e. The van der Waals surface area contributed by atoms with Crippen molar-refractivity contribution in [1.29, 1.82) is 0 Å². The van der Waals surface area contributed by atoms with E-state index in [2.05, 4.69) is 27.8 Å². The summed E-state index contributed by atoms with van der Waals surface area (Å²) in [6.45, 7) is 4.12. The summed E-state index contributed by atoms with van der Waals surface area (Å²) in [5.41, 5.74) is 0.0527. The van der Waals surface area contributed by atoms with Gasteiger partial charge in [-0.05, 0) is 15.9 Å². The molecule has 1 N–H and O–H groups in total. The highest BCUT2D eigenvalue weighted by Gasteiger charge is 2.16. The van der Waals surface area contributed by atoms with Crippen LogP contribution in [0.15, 0.2) is 29.3 Å². The van der Waals surface area contributed by atoms with Gasteiger partial charge in [0.25, 0.3) is 5.69 Å². The number of nitro groups is 1. The SMILES string of the molecule is C=CCSCCNc1cc(F)c(Br)cc1[N+](=O)[O-]. The lowest BCUT2D eigenvalue weighted by Gasteiger charge is -2.07. The highest BCUT2D eigenvalue weighted by atomic mass is 79.9. The molecule has 0 atom stereocenters. The average Bonchev–Trinajstić information content (AvgIpc) is 2.32. The molecule has 0 spiro atoms. The standard InChI is InChI=1S/C11H12BrFN2O2S/c1-2-4-18-5-3-14-10-7-9(13)8(12)6-11(10)15(16)17/h2,6-7,14H,1,3-5H2. The third-order valence-electron chi connectivity index (χ3n) is 2.03. The van der Waals surface area contributed by atoms with Gasteiger partial charge in [0.1, 0.15) is 11.5 Å². The topological polar surface area (TPSA) is 55.2 Å². The van der Waals surface area contributed by atoms with E-state index in [9.17, 15) is 14.5 Å². The van der Waals surface area contributed by atoms with Crippen LogP contribution in [0.25, 0.3) is 0 Å². The minimum absolute atomic E-state index is 0.0841.